The van der Waals surface area contributed by atoms with Gasteiger partial charge in [0.2, 0.25) is 15.9 Å². The first-order valence-corrected chi connectivity index (χ1v) is 14.7. The molecular formula is C24H23BrN4O3S3. The molecule has 1 N–H and O–H groups in total. The highest BCUT2D eigenvalue weighted by Gasteiger charge is 2.23. The molecule has 0 bridgehead atoms. The van der Waals surface area contributed by atoms with E-state index in [2.05, 4.69) is 36.6 Å². The number of rotatable bonds is 8. The lowest BCUT2D eigenvalue weighted by molar-refractivity contribution is -0.115. The van der Waals surface area contributed by atoms with Crippen LogP contribution in [-0.4, -0.2) is 47.9 Å². The fraction of sp³-hybridized carbons (Fsp3) is 0.208. The van der Waals surface area contributed by atoms with Crippen molar-refractivity contribution in [2.75, 3.05) is 19.4 Å². The van der Waals surface area contributed by atoms with Crippen LogP contribution in [0.2, 0.25) is 0 Å². The molecule has 7 nitrogen and oxygen atoms in total. The quantitative estimate of drug-likeness (QED) is 0.203. The van der Waals surface area contributed by atoms with E-state index >= 15 is 0 Å². The Morgan fingerprint density at radius 3 is 2.43 bits per heavy atom. The topological polar surface area (TPSA) is 92.3 Å². The Balaban J connectivity index is 1.56. The second-order valence-corrected chi connectivity index (χ2v) is 12.9. The van der Waals surface area contributed by atoms with Crippen LogP contribution in [0.1, 0.15) is 13.3 Å². The zero-order chi connectivity index (χ0) is 25.2. The molecule has 0 aliphatic carbocycles. The lowest BCUT2D eigenvalue weighted by Crippen LogP contribution is -2.25. The van der Waals surface area contributed by atoms with Crippen molar-refractivity contribution in [3.63, 3.8) is 0 Å². The number of aromatic nitrogens is 2. The molecule has 2 heterocycles. The van der Waals surface area contributed by atoms with Crippen molar-refractivity contribution in [3.05, 3.63) is 64.7 Å². The number of halogens is 1. The van der Waals surface area contributed by atoms with Gasteiger partial charge in [-0.25, -0.2) is 22.7 Å². The summed E-state index contributed by atoms with van der Waals surface area (Å²) in [7, 11) is -0.568. The van der Waals surface area contributed by atoms with Gasteiger partial charge in [0.15, 0.2) is 0 Å². The number of amides is 1. The molecule has 1 unspecified atom stereocenters. The zero-order valence-electron chi connectivity index (χ0n) is 19.2. The maximum atomic E-state index is 13.1. The second-order valence-electron chi connectivity index (χ2n) is 7.83. The molecular weight excluding hydrogens is 568 g/mol. The van der Waals surface area contributed by atoms with Gasteiger partial charge >= 0.3 is 0 Å². The van der Waals surface area contributed by atoms with Crippen LogP contribution in [0.25, 0.3) is 21.3 Å². The standard InChI is InChI=1S/C24H23BrN4O3S3/c1-4-20(22(30)28-17-9-11-18(12-10-17)35(31,32)29(2)3)34-24-21-19(13-33-23(21)26-14-27-24)15-5-7-16(25)8-6-15/h5-14,20H,4H2,1-3H3,(H,28,30). The van der Waals surface area contributed by atoms with Crippen molar-refractivity contribution >= 4 is 70.9 Å². The number of thioether (sulfide) groups is 1. The third-order valence-corrected chi connectivity index (χ3v) is 9.92. The summed E-state index contributed by atoms with van der Waals surface area (Å²) >= 11 is 6.43. The Labute approximate surface area is 221 Å². The number of anilines is 1. The van der Waals surface area contributed by atoms with Crippen LogP contribution in [0, 0.1) is 0 Å². The summed E-state index contributed by atoms with van der Waals surface area (Å²) in [6, 6.07) is 14.2. The van der Waals surface area contributed by atoms with E-state index in [9.17, 15) is 13.2 Å². The summed E-state index contributed by atoms with van der Waals surface area (Å²) in [6.45, 7) is 1.95. The van der Waals surface area contributed by atoms with Crippen LogP contribution >= 0.6 is 39.0 Å². The molecule has 4 rings (SSSR count). The molecule has 0 aliphatic rings. The number of carbonyl (C=O) groups excluding carboxylic acids is 1. The average molecular weight is 592 g/mol. The van der Waals surface area contributed by atoms with Gasteiger partial charge in [-0.15, -0.1) is 11.3 Å². The predicted molar refractivity (Wildman–Crippen MR) is 146 cm³/mol. The highest BCUT2D eigenvalue weighted by atomic mass is 79.9. The van der Waals surface area contributed by atoms with Crippen molar-refractivity contribution in [3.8, 4) is 11.1 Å². The van der Waals surface area contributed by atoms with Crippen molar-refractivity contribution < 1.29 is 13.2 Å². The number of benzene rings is 2. The van der Waals surface area contributed by atoms with E-state index in [-0.39, 0.29) is 10.8 Å². The molecule has 0 saturated carbocycles. The molecule has 11 heteroatoms. The molecule has 0 radical (unpaired) electrons. The Hall–Kier alpha value is -2.31. The fourth-order valence-electron chi connectivity index (χ4n) is 3.38. The minimum absolute atomic E-state index is 0.170. The Kier molecular flexibility index (Phi) is 7.92. The molecule has 0 saturated heterocycles. The SMILES string of the molecule is CCC(Sc1ncnc2scc(-c3ccc(Br)cc3)c12)C(=O)Nc1ccc(S(=O)(=O)N(C)C)cc1. The van der Waals surface area contributed by atoms with Gasteiger partial charge in [0.05, 0.1) is 15.5 Å². The number of hydrogen-bond donors (Lipinski definition) is 1. The van der Waals surface area contributed by atoms with Crippen molar-refractivity contribution in [2.24, 2.45) is 0 Å². The van der Waals surface area contributed by atoms with E-state index in [1.165, 1.54) is 44.3 Å². The van der Waals surface area contributed by atoms with E-state index in [0.29, 0.717) is 12.1 Å². The van der Waals surface area contributed by atoms with Crippen LogP contribution in [0.5, 0.6) is 0 Å². The highest BCUT2D eigenvalue weighted by Crippen LogP contribution is 2.39. The maximum absolute atomic E-state index is 13.1. The maximum Gasteiger partial charge on any atom is 0.242 e. The summed E-state index contributed by atoms with van der Waals surface area (Å²) in [4.78, 5) is 23.1. The molecule has 0 fully saturated rings. The van der Waals surface area contributed by atoms with Gasteiger partial charge in [-0.3, -0.25) is 4.79 Å². The van der Waals surface area contributed by atoms with Crippen LogP contribution < -0.4 is 5.32 Å². The first-order chi connectivity index (χ1) is 16.7. The molecule has 1 amide bonds. The van der Waals surface area contributed by atoms with E-state index in [0.717, 1.165) is 35.1 Å². The number of fused-ring (bicyclic) bond motifs is 1. The van der Waals surface area contributed by atoms with Gasteiger partial charge in [0.25, 0.3) is 0 Å². The molecule has 182 valence electrons. The lowest BCUT2D eigenvalue weighted by Gasteiger charge is -2.16. The van der Waals surface area contributed by atoms with Gasteiger partial charge in [0, 0.05) is 35.2 Å². The minimum atomic E-state index is -3.53. The number of hydrogen-bond acceptors (Lipinski definition) is 7. The first-order valence-electron chi connectivity index (χ1n) is 10.7. The summed E-state index contributed by atoms with van der Waals surface area (Å²) in [5.74, 6) is -0.173. The second kappa shape index (κ2) is 10.8. The first kappa shape index (κ1) is 25.8. The lowest BCUT2D eigenvalue weighted by atomic mass is 10.1. The third kappa shape index (κ3) is 5.59. The smallest absolute Gasteiger partial charge is 0.242 e. The predicted octanol–water partition coefficient (Wildman–Crippen LogP) is 5.88. The Morgan fingerprint density at radius 1 is 1.11 bits per heavy atom. The summed E-state index contributed by atoms with van der Waals surface area (Å²) in [6.07, 6.45) is 2.12. The number of nitrogens with zero attached hydrogens (tertiary/aromatic N) is 3. The Morgan fingerprint density at radius 2 is 1.80 bits per heavy atom. The van der Waals surface area contributed by atoms with E-state index < -0.39 is 15.3 Å². The molecule has 35 heavy (non-hydrogen) atoms. The normalized spacial score (nSPS) is 12.7. The molecule has 0 aliphatic heterocycles. The highest BCUT2D eigenvalue weighted by molar-refractivity contribution is 9.10. The van der Waals surface area contributed by atoms with E-state index in [1.54, 1.807) is 23.5 Å². The van der Waals surface area contributed by atoms with Crippen LogP contribution in [-0.2, 0) is 14.8 Å². The third-order valence-electron chi connectivity index (χ3n) is 5.31. The van der Waals surface area contributed by atoms with Crippen LogP contribution in [0.4, 0.5) is 5.69 Å². The van der Waals surface area contributed by atoms with Crippen LogP contribution in [0.3, 0.4) is 0 Å². The monoisotopic (exact) mass is 590 g/mol. The summed E-state index contributed by atoms with van der Waals surface area (Å²) in [5, 5.41) is 6.27. The van der Waals surface area contributed by atoms with Crippen molar-refractivity contribution in [2.45, 2.75) is 28.5 Å². The average Bonchev–Trinajstić information content (AvgIpc) is 3.28. The van der Waals surface area contributed by atoms with Crippen molar-refractivity contribution in [1.29, 1.82) is 0 Å². The number of thiophene rings is 1. The van der Waals surface area contributed by atoms with E-state index in [1.807, 2.05) is 31.2 Å². The number of carbonyl (C=O) groups is 1. The van der Waals surface area contributed by atoms with Gasteiger partial charge in [-0.1, -0.05) is 46.7 Å². The molecule has 4 aromatic rings. The summed E-state index contributed by atoms with van der Waals surface area (Å²) in [5.41, 5.74) is 2.63. The fourth-order valence-corrected chi connectivity index (χ4v) is 6.56. The van der Waals surface area contributed by atoms with Gasteiger partial charge < -0.3 is 5.32 Å². The molecule has 2 aromatic carbocycles. The largest absolute Gasteiger partial charge is 0.325 e. The van der Waals surface area contributed by atoms with Crippen LogP contribution in [0.15, 0.2) is 74.6 Å². The molecule has 0 spiro atoms. The summed E-state index contributed by atoms with van der Waals surface area (Å²) < 4.78 is 26.7. The zero-order valence-corrected chi connectivity index (χ0v) is 23.3. The number of sulfonamides is 1. The molecule has 1 atom stereocenters. The Bertz CT molecular complexity index is 1450. The number of nitrogens with one attached hydrogen (secondary N) is 1. The van der Waals surface area contributed by atoms with Crippen molar-refractivity contribution in [1.82, 2.24) is 14.3 Å². The van der Waals surface area contributed by atoms with Gasteiger partial charge in [0.1, 0.15) is 16.2 Å². The minimum Gasteiger partial charge on any atom is -0.325 e. The van der Waals surface area contributed by atoms with Gasteiger partial charge in [-0.2, -0.15) is 0 Å². The van der Waals surface area contributed by atoms with E-state index in [4.69, 9.17) is 0 Å². The van der Waals surface area contributed by atoms with Gasteiger partial charge in [-0.05, 0) is 48.4 Å². The molecule has 2 aromatic heterocycles.